The molecule has 6 aromatic rings. The molecule has 216 valence electrons. The number of aromatic nitrogens is 4. The normalized spacial score (nSPS) is 11.7. The van der Waals surface area contributed by atoms with Gasteiger partial charge in [-0.25, -0.2) is 9.97 Å². The van der Waals surface area contributed by atoms with E-state index in [4.69, 9.17) is 19.9 Å². The van der Waals surface area contributed by atoms with Gasteiger partial charge < -0.3 is 9.97 Å². The van der Waals surface area contributed by atoms with E-state index in [0.29, 0.717) is 0 Å². The third-order valence-corrected chi connectivity index (χ3v) is 8.04. The monoisotopic (exact) mass is 620 g/mol. The summed E-state index contributed by atoms with van der Waals surface area (Å²) in [4.78, 5) is 20.8. The van der Waals surface area contributed by atoms with Gasteiger partial charge in [0.2, 0.25) is 0 Å². The average Bonchev–Trinajstić information content (AvgIpc) is 3.90. The first-order chi connectivity index (χ1) is 21.8. The molecule has 0 fully saturated rings. The Morgan fingerprint density at radius 3 is 1.16 bits per heavy atom. The first kappa shape index (κ1) is 28.3. The molecule has 0 saturated heterocycles. The minimum atomic E-state index is 0. The summed E-state index contributed by atoms with van der Waals surface area (Å²) in [7, 11) is 0. The Labute approximate surface area is 271 Å². The molecule has 0 spiro atoms. The fourth-order valence-corrected chi connectivity index (χ4v) is 6.02. The summed E-state index contributed by atoms with van der Waals surface area (Å²) < 4.78 is 0. The summed E-state index contributed by atoms with van der Waals surface area (Å²) in [6.45, 7) is 4.14. The Morgan fingerprint density at radius 1 is 0.422 bits per heavy atom. The molecule has 2 aliphatic rings. The molecule has 4 nitrogen and oxygen atoms in total. The van der Waals surface area contributed by atoms with Crippen LogP contribution in [-0.2, 0) is 16.5 Å². The quantitative estimate of drug-likeness (QED) is 0.184. The Morgan fingerprint density at radius 2 is 0.756 bits per heavy atom. The van der Waals surface area contributed by atoms with Gasteiger partial charge >= 0.3 is 16.5 Å². The van der Waals surface area contributed by atoms with Crippen molar-refractivity contribution in [2.24, 2.45) is 0 Å². The van der Waals surface area contributed by atoms with E-state index in [9.17, 15) is 0 Å². The van der Waals surface area contributed by atoms with Crippen molar-refractivity contribution in [3.63, 3.8) is 0 Å². The second-order valence-corrected chi connectivity index (χ2v) is 10.7. The van der Waals surface area contributed by atoms with Crippen molar-refractivity contribution in [3.05, 3.63) is 150 Å². The summed E-state index contributed by atoms with van der Waals surface area (Å²) >= 11 is 0. The SMILES string of the molecule is C=Cc1c2nc(c(-c3ccccc3)c3ccc([n-]3)c(-c3ccccc3)c3nc(c(-c4ccccc4)c4ccc1[n-]4)C=C3)C=C2.[Ni+2]. The van der Waals surface area contributed by atoms with E-state index in [2.05, 4.69) is 91.5 Å². The zero-order chi connectivity index (χ0) is 29.5. The number of hydrogen-bond donors (Lipinski definition) is 0. The third-order valence-electron chi connectivity index (χ3n) is 8.04. The number of rotatable bonds is 4. The molecule has 0 N–H and O–H groups in total. The van der Waals surface area contributed by atoms with Gasteiger partial charge in [-0.2, -0.15) is 0 Å². The van der Waals surface area contributed by atoms with Crippen molar-refractivity contribution in [3.8, 4) is 33.4 Å². The molecule has 0 atom stereocenters. The molecule has 0 amide bonds. The molecular weight excluding hydrogens is 595 g/mol. The van der Waals surface area contributed by atoms with Crippen molar-refractivity contribution in [1.29, 1.82) is 0 Å². The molecule has 8 bridgehead atoms. The molecule has 5 heterocycles. The van der Waals surface area contributed by atoms with Crippen LogP contribution in [0, 0.1) is 0 Å². The largest absolute Gasteiger partial charge is 2.00 e. The number of nitrogens with zero attached hydrogens (tertiary/aromatic N) is 4. The van der Waals surface area contributed by atoms with E-state index in [0.717, 1.165) is 83.8 Å². The van der Waals surface area contributed by atoms with Crippen LogP contribution in [0.15, 0.2) is 122 Å². The topological polar surface area (TPSA) is 54.0 Å². The Balaban J connectivity index is 0.00000325. The minimum Gasteiger partial charge on any atom is -0.657 e. The first-order valence-corrected chi connectivity index (χ1v) is 14.6. The van der Waals surface area contributed by atoms with E-state index >= 15 is 0 Å². The van der Waals surface area contributed by atoms with Gasteiger partial charge in [0.25, 0.3) is 0 Å². The molecule has 45 heavy (non-hydrogen) atoms. The second kappa shape index (κ2) is 11.9. The summed E-state index contributed by atoms with van der Waals surface area (Å²) in [5.74, 6) is 0. The number of hydrogen-bond acceptors (Lipinski definition) is 2. The number of benzene rings is 3. The van der Waals surface area contributed by atoms with Crippen molar-refractivity contribution in [1.82, 2.24) is 19.9 Å². The maximum atomic E-state index is 5.25. The van der Waals surface area contributed by atoms with Gasteiger partial charge in [-0.3, -0.25) is 0 Å². The van der Waals surface area contributed by atoms with E-state index in [-0.39, 0.29) is 16.5 Å². The number of fused-ring (bicyclic) bond motifs is 8. The van der Waals surface area contributed by atoms with E-state index < -0.39 is 0 Å². The zero-order valence-electron chi connectivity index (χ0n) is 24.2. The minimum absolute atomic E-state index is 0. The Bertz CT molecular complexity index is 2240. The first-order valence-electron chi connectivity index (χ1n) is 14.6. The van der Waals surface area contributed by atoms with E-state index in [1.54, 1.807) is 0 Å². The van der Waals surface area contributed by atoms with Gasteiger partial charge in [0, 0.05) is 0 Å². The molecule has 8 rings (SSSR count). The maximum absolute atomic E-state index is 5.25. The predicted molar refractivity (Wildman–Crippen MR) is 183 cm³/mol. The molecule has 0 saturated carbocycles. The summed E-state index contributed by atoms with van der Waals surface area (Å²) in [6, 6.07) is 39.3. The average molecular weight is 621 g/mol. The standard InChI is InChI=1S/C40H26N4.Ni/c1-2-29-30-18-20-32(41-30)38(26-12-6-3-7-13-26)34-22-24-36(43-34)40(28-16-10-5-11-17-28)37-25-23-35(44-37)39(27-14-8-4-9-15-27)33-21-19-31(29)42-33;/h2-25H,1H2;/q-2;+2. The van der Waals surface area contributed by atoms with Crippen LogP contribution in [0.25, 0.3) is 85.8 Å². The van der Waals surface area contributed by atoms with E-state index in [1.807, 2.05) is 60.7 Å². The van der Waals surface area contributed by atoms with Crippen LogP contribution >= 0.6 is 0 Å². The molecule has 0 unspecified atom stereocenters. The molecule has 2 aliphatic heterocycles. The van der Waals surface area contributed by atoms with Crippen LogP contribution in [0.4, 0.5) is 0 Å². The molecule has 3 aromatic heterocycles. The zero-order valence-corrected chi connectivity index (χ0v) is 25.2. The predicted octanol–water partition coefficient (Wildman–Crippen LogP) is 9.56. The summed E-state index contributed by atoms with van der Waals surface area (Å²) in [5, 5.41) is 0. The van der Waals surface area contributed by atoms with Crippen LogP contribution in [0.1, 0.15) is 28.3 Å². The smallest absolute Gasteiger partial charge is 0.657 e. The van der Waals surface area contributed by atoms with Crippen LogP contribution in [0.2, 0.25) is 0 Å². The summed E-state index contributed by atoms with van der Waals surface area (Å²) in [6.07, 6.45) is 10.1. The molecule has 0 aliphatic carbocycles. The van der Waals surface area contributed by atoms with Crippen LogP contribution in [-0.4, -0.2) is 9.97 Å². The van der Waals surface area contributed by atoms with Gasteiger partial charge in [0.1, 0.15) is 0 Å². The van der Waals surface area contributed by atoms with Crippen molar-refractivity contribution in [2.45, 2.75) is 0 Å². The van der Waals surface area contributed by atoms with Gasteiger partial charge in [0.05, 0.1) is 22.8 Å². The molecule has 5 heteroatoms. The van der Waals surface area contributed by atoms with Crippen LogP contribution in [0.3, 0.4) is 0 Å². The van der Waals surface area contributed by atoms with Crippen molar-refractivity contribution in [2.75, 3.05) is 0 Å². The Hall–Kier alpha value is -5.51. The van der Waals surface area contributed by atoms with Gasteiger partial charge in [0.15, 0.2) is 0 Å². The fourth-order valence-electron chi connectivity index (χ4n) is 6.02. The van der Waals surface area contributed by atoms with Crippen LogP contribution < -0.4 is 9.97 Å². The Kier molecular flexibility index (Phi) is 7.46. The third kappa shape index (κ3) is 5.08. The van der Waals surface area contributed by atoms with Crippen molar-refractivity contribution >= 4 is 52.4 Å². The maximum Gasteiger partial charge on any atom is 2.00 e. The van der Waals surface area contributed by atoms with Gasteiger partial charge in [-0.1, -0.05) is 128 Å². The summed E-state index contributed by atoms with van der Waals surface area (Å²) in [5.41, 5.74) is 13.7. The van der Waals surface area contributed by atoms with Gasteiger partial charge in [-0.15, -0.1) is 22.1 Å². The molecule has 0 radical (unpaired) electrons. The fraction of sp³-hybridized carbons (Fsp3) is 0. The van der Waals surface area contributed by atoms with Crippen LogP contribution in [0.5, 0.6) is 0 Å². The van der Waals surface area contributed by atoms with Crippen molar-refractivity contribution < 1.29 is 16.5 Å². The molecular formula is C40H26N4Ni. The van der Waals surface area contributed by atoms with E-state index in [1.165, 1.54) is 0 Å². The molecule has 3 aromatic carbocycles. The van der Waals surface area contributed by atoms with Gasteiger partial charge in [-0.05, 0) is 63.2 Å². The second-order valence-electron chi connectivity index (χ2n) is 10.7.